The van der Waals surface area contributed by atoms with Gasteiger partial charge >= 0.3 is 5.69 Å². The highest BCUT2D eigenvalue weighted by Gasteiger charge is 2.54. The van der Waals surface area contributed by atoms with E-state index in [2.05, 4.69) is 77.7 Å². The minimum absolute atomic E-state index is 0.0445. The summed E-state index contributed by atoms with van der Waals surface area (Å²) in [6, 6.07) is 1.67. The first-order chi connectivity index (χ1) is 15.8. The van der Waals surface area contributed by atoms with Crippen molar-refractivity contribution in [2.45, 2.75) is 102 Å². The van der Waals surface area contributed by atoms with E-state index in [-0.39, 0.29) is 16.7 Å². The van der Waals surface area contributed by atoms with E-state index >= 15 is 0 Å². The summed E-state index contributed by atoms with van der Waals surface area (Å²) in [7, 11) is -0.853. The Hall–Kier alpha value is -1.38. The maximum atomic E-state index is 13.1. The van der Waals surface area contributed by atoms with Crippen molar-refractivity contribution in [2.75, 3.05) is 20.7 Å². The number of hydrogen-bond donors (Lipinski definition) is 1. The van der Waals surface area contributed by atoms with E-state index in [4.69, 9.17) is 13.6 Å². The number of aromatic nitrogens is 2. The third-order valence-corrected chi connectivity index (χ3v) is 16.4. The number of aliphatic imine (C=N–C) groups is 1. The molecule has 2 rings (SSSR count). The molecular formula is C24H46N4O5Si2. The Morgan fingerprint density at radius 3 is 2.03 bits per heavy atom. The molecule has 0 radical (unpaired) electrons. The normalized spacial score (nSPS) is 24.4. The van der Waals surface area contributed by atoms with Crippen molar-refractivity contribution in [3.63, 3.8) is 0 Å². The largest absolute Gasteiger partial charge is 0.408 e. The summed E-state index contributed by atoms with van der Waals surface area (Å²) in [5.74, 6) is 0.313. The van der Waals surface area contributed by atoms with Crippen LogP contribution in [0.3, 0.4) is 0 Å². The molecule has 0 aromatic carbocycles. The molecule has 0 bridgehead atoms. The molecule has 35 heavy (non-hydrogen) atoms. The number of rotatable bonds is 8. The van der Waals surface area contributed by atoms with Crippen LogP contribution in [-0.4, -0.2) is 81.5 Å². The van der Waals surface area contributed by atoms with Crippen LogP contribution in [0.5, 0.6) is 0 Å². The van der Waals surface area contributed by atoms with Gasteiger partial charge in [-0.3, -0.25) is 4.57 Å². The van der Waals surface area contributed by atoms with E-state index in [1.807, 2.05) is 14.1 Å². The fraction of sp³-hybridized carbons (Fsp3) is 0.792. The number of aliphatic hydroxyl groups excluding tert-OH is 1. The van der Waals surface area contributed by atoms with Crippen molar-refractivity contribution in [3.05, 3.63) is 22.7 Å². The first-order valence-electron chi connectivity index (χ1n) is 12.2. The maximum Gasteiger partial charge on any atom is 0.351 e. The Bertz CT molecular complexity index is 950. The Kier molecular flexibility index (Phi) is 8.99. The van der Waals surface area contributed by atoms with E-state index in [0.29, 0.717) is 5.82 Å². The van der Waals surface area contributed by atoms with Crippen LogP contribution in [0, 0.1) is 0 Å². The average molecular weight is 527 g/mol. The fourth-order valence-corrected chi connectivity index (χ4v) is 5.83. The molecule has 200 valence electrons. The summed E-state index contributed by atoms with van der Waals surface area (Å²) in [6.07, 6.45) is 0.737. The second-order valence-electron chi connectivity index (χ2n) is 12.6. The molecule has 0 saturated carbocycles. The quantitative estimate of drug-likeness (QED) is 0.309. The van der Waals surface area contributed by atoms with E-state index in [9.17, 15) is 9.90 Å². The molecule has 1 aromatic heterocycles. The molecule has 1 aromatic rings. The third kappa shape index (κ3) is 6.89. The second-order valence-corrected chi connectivity index (χ2v) is 22.1. The highest BCUT2D eigenvalue weighted by atomic mass is 28.4. The standard InChI is InChI=1S/C24H46N4O5Si2/c1-23(2,3)34(9,10)32-19-17(15-29)31-21(20(19)33-35(11,12)24(4,5)6)28-14-13-18(26-22(28)30)25-16-27(7)8/h13-14,16-17,19-21,29H,15H2,1-12H3. The molecule has 4 atom stereocenters. The van der Waals surface area contributed by atoms with Gasteiger partial charge in [0, 0.05) is 20.3 Å². The molecule has 9 nitrogen and oxygen atoms in total. The van der Waals surface area contributed by atoms with Crippen LogP contribution in [0.25, 0.3) is 0 Å². The van der Waals surface area contributed by atoms with Gasteiger partial charge in [-0.15, -0.1) is 0 Å². The minimum atomic E-state index is -2.29. The van der Waals surface area contributed by atoms with Crippen molar-refractivity contribution >= 4 is 28.8 Å². The maximum absolute atomic E-state index is 13.1. The molecular weight excluding hydrogens is 480 g/mol. The van der Waals surface area contributed by atoms with Gasteiger partial charge in [-0.2, -0.15) is 4.98 Å². The average Bonchev–Trinajstić information content (AvgIpc) is 3.00. The van der Waals surface area contributed by atoms with E-state index in [1.165, 1.54) is 4.57 Å². The Balaban J connectivity index is 2.56. The molecule has 1 aliphatic heterocycles. The van der Waals surface area contributed by atoms with Gasteiger partial charge in [0.2, 0.25) is 0 Å². The van der Waals surface area contributed by atoms with Crippen LogP contribution in [0.4, 0.5) is 5.82 Å². The van der Waals surface area contributed by atoms with E-state index in [1.54, 1.807) is 23.5 Å². The van der Waals surface area contributed by atoms with Crippen LogP contribution in [0.2, 0.25) is 36.3 Å². The molecule has 4 unspecified atom stereocenters. The Labute approximate surface area is 212 Å². The van der Waals surface area contributed by atoms with E-state index < -0.39 is 46.9 Å². The van der Waals surface area contributed by atoms with Gasteiger partial charge in [0.25, 0.3) is 0 Å². The zero-order valence-corrected chi connectivity index (χ0v) is 25.6. The van der Waals surface area contributed by atoms with Gasteiger partial charge in [-0.1, -0.05) is 41.5 Å². The van der Waals surface area contributed by atoms with Crippen LogP contribution in [-0.2, 0) is 13.6 Å². The van der Waals surface area contributed by atoms with Crippen LogP contribution in [0.15, 0.2) is 22.1 Å². The van der Waals surface area contributed by atoms with Crippen molar-refractivity contribution in [3.8, 4) is 0 Å². The van der Waals surface area contributed by atoms with Crippen LogP contribution in [0.1, 0.15) is 47.8 Å². The van der Waals surface area contributed by atoms with Crippen LogP contribution >= 0.6 is 0 Å². The highest BCUT2D eigenvalue weighted by molar-refractivity contribution is 6.74. The highest BCUT2D eigenvalue weighted by Crippen LogP contribution is 2.45. The predicted octanol–water partition coefficient (Wildman–Crippen LogP) is 4.14. The topological polar surface area (TPSA) is 98.4 Å². The van der Waals surface area contributed by atoms with Gasteiger partial charge < -0.3 is 23.6 Å². The molecule has 1 N–H and O–H groups in total. The summed E-state index contributed by atoms with van der Waals surface area (Å²) in [5.41, 5.74) is -0.489. The molecule has 0 spiro atoms. The molecule has 0 aliphatic carbocycles. The smallest absolute Gasteiger partial charge is 0.351 e. The number of aliphatic hydroxyl groups is 1. The molecule has 0 amide bonds. The van der Waals surface area contributed by atoms with Gasteiger partial charge in [0.15, 0.2) is 28.7 Å². The summed E-state index contributed by atoms with van der Waals surface area (Å²) in [4.78, 5) is 23.2. The molecule has 11 heteroatoms. The molecule has 1 saturated heterocycles. The van der Waals surface area contributed by atoms with Crippen LogP contribution < -0.4 is 5.69 Å². The lowest BCUT2D eigenvalue weighted by atomic mass is 10.1. The van der Waals surface area contributed by atoms with Crippen molar-refractivity contribution in [1.82, 2.24) is 14.5 Å². The summed E-state index contributed by atoms with van der Waals surface area (Å²) in [6.45, 7) is 21.5. The molecule has 1 aliphatic rings. The van der Waals surface area contributed by atoms with Gasteiger partial charge in [0.1, 0.15) is 18.3 Å². The lowest BCUT2D eigenvalue weighted by molar-refractivity contribution is -0.0529. The predicted molar refractivity (Wildman–Crippen MR) is 145 cm³/mol. The monoisotopic (exact) mass is 526 g/mol. The summed E-state index contributed by atoms with van der Waals surface area (Å²) >= 11 is 0. The Morgan fingerprint density at radius 2 is 1.60 bits per heavy atom. The zero-order chi connectivity index (χ0) is 27.0. The summed E-state index contributed by atoms with van der Waals surface area (Å²) < 4.78 is 21.4. The fourth-order valence-electron chi connectivity index (χ4n) is 3.22. The van der Waals surface area contributed by atoms with Gasteiger partial charge in [-0.05, 0) is 42.3 Å². The van der Waals surface area contributed by atoms with Gasteiger partial charge in [-0.25, -0.2) is 9.79 Å². The number of ether oxygens (including phenoxy) is 1. The van der Waals surface area contributed by atoms with E-state index in [0.717, 1.165) is 0 Å². The van der Waals surface area contributed by atoms with Gasteiger partial charge in [0.05, 0.1) is 12.9 Å². The Morgan fingerprint density at radius 1 is 1.09 bits per heavy atom. The minimum Gasteiger partial charge on any atom is -0.408 e. The zero-order valence-electron chi connectivity index (χ0n) is 23.6. The second kappa shape index (κ2) is 10.5. The third-order valence-electron chi connectivity index (χ3n) is 7.45. The lowest BCUT2D eigenvalue weighted by Crippen LogP contribution is -2.54. The van der Waals surface area contributed by atoms with Crippen molar-refractivity contribution in [1.29, 1.82) is 0 Å². The number of nitrogens with zero attached hydrogens (tertiary/aromatic N) is 4. The first kappa shape index (κ1) is 29.9. The van der Waals surface area contributed by atoms with Crippen molar-refractivity contribution < 1.29 is 18.7 Å². The lowest BCUT2D eigenvalue weighted by Gasteiger charge is -2.44. The SMILES string of the molecule is CN(C)C=Nc1ccn(C2OC(CO)C(O[Si](C)(C)C(C)(C)C)C2O[Si](C)(C)C(C)(C)C)c(=O)n1. The molecule has 1 fully saturated rings. The number of hydrogen-bond acceptors (Lipinski definition) is 7. The van der Waals surface area contributed by atoms with Crippen molar-refractivity contribution in [2.24, 2.45) is 4.99 Å². The first-order valence-corrected chi connectivity index (χ1v) is 18.0. The summed E-state index contributed by atoms with van der Waals surface area (Å²) in [5, 5.41) is 10.1. The molecule has 2 heterocycles.